The van der Waals surface area contributed by atoms with Gasteiger partial charge in [0, 0.05) is 23.9 Å². The molecule has 21 heavy (non-hydrogen) atoms. The van der Waals surface area contributed by atoms with E-state index in [9.17, 15) is 4.79 Å². The summed E-state index contributed by atoms with van der Waals surface area (Å²) in [5, 5.41) is 20.7. The second-order valence-electron chi connectivity index (χ2n) is 3.12. The number of nitrogens with zero attached hydrogens (tertiary/aromatic N) is 5. The highest BCUT2D eigenvalue weighted by Crippen LogP contribution is 2.23. The standard InChI is InChI=1S/C10H7N5O4S2/c16-9(17)7(21-18-8-2-5-13-15-14-8)6-20-19-10-11-3-1-4-12-10/h1-6H,(H,16,17). The SMILES string of the molecule is O=C(O)C(=CSOc1ncccn1)SOc1ccnnn1. The molecule has 11 heteroatoms. The minimum absolute atomic E-state index is 0.102. The van der Waals surface area contributed by atoms with Gasteiger partial charge in [-0.1, -0.05) is 5.10 Å². The van der Waals surface area contributed by atoms with Gasteiger partial charge in [0.15, 0.2) is 0 Å². The van der Waals surface area contributed by atoms with Crippen LogP contribution in [0.5, 0.6) is 11.9 Å². The summed E-state index contributed by atoms with van der Waals surface area (Å²) in [6.45, 7) is 0. The first kappa shape index (κ1) is 15.0. The molecule has 0 aromatic carbocycles. The number of carbonyl (C=O) groups is 1. The summed E-state index contributed by atoms with van der Waals surface area (Å²) in [5.74, 6) is -1.04. The van der Waals surface area contributed by atoms with Gasteiger partial charge in [-0.2, -0.15) is 0 Å². The summed E-state index contributed by atoms with van der Waals surface area (Å²) in [4.78, 5) is 18.6. The normalized spacial score (nSPS) is 11.0. The molecule has 2 aromatic heterocycles. The van der Waals surface area contributed by atoms with Crippen molar-refractivity contribution in [2.75, 3.05) is 0 Å². The lowest BCUT2D eigenvalue weighted by atomic mass is 10.7. The van der Waals surface area contributed by atoms with Crippen LogP contribution in [-0.2, 0) is 4.79 Å². The third kappa shape index (κ3) is 5.24. The summed E-state index contributed by atoms with van der Waals surface area (Å²) >= 11 is 1.37. The van der Waals surface area contributed by atoms with E-state index in [2.05, 4.69) is 25.4 Å². The third-order valence-corrected chi connectivity index (χ3v) is 3.18. The van der Waals surface area contributed by atoms with Crippen LogP contribution in [0.15, 0.2) is 41.0 Å². The number of carboxylic acids is 1. The van der Waals surface area contributed by atoms with Gasteiger partial charge in [-0.3, -0.25) is 0 Å². The van der Waals surface area contributed by atoms with E-state index in [0.717, 1.165) is 12.0 Å². The van der Waals surface area contributed by atoms with Gasteiger partial charge in [0.1, 0.15) is 16.9 Å². The Morgan fingerprint density at radius 1 is 1.24 bits per heavy atom. The van der Waals surface area contributed by atoms with Gasteiger partial charge < -0.3 is 13.5 Å². The van der Waals surface area contributed by atoms with E-state index in [-0.39, 0.29) is 16.8 Å². The van der Waals surface area contributed by atoms with Crippen LogP contribution < -0.4 is 8.37 Å². The van der Waals surface area contributed by atoms with E-state index >= 15 is 0 Å². The van der Waals surface area contributed by atoms with E-state index in [4.69, 9.17) is 13.5 Å². The number of aliphatic carboxylic acids is 1. The fourth-order valence-corrected chi connectivity index (χ4v) is 1.93. The zero-order valence-corrected chi connectivity index (χ0v) is 11.8. The molecule has 0 aliphatic rings. The molecule has 0 atom stereocenters. The van der Waals surface area contributed by atoms with E-state index < -0.39 is 5.97 Å². The molecule has 0 aliphatic heterocycles. The van der Waals surface area contributed by atoms with E-state index in [1.165, 1.54) is 30.1 Å². The van der Waals surface area contributed by atoms with Crippen molar-refractivity contribution in [1.82, 2.24) is 25.4 Å². The molecule has 0 bridgehead atoms. The largest absolute Gasteiger partial charge is 0.477 e. The van der Waals surface area contributed by atoms with E-state index in [0.29, 0.717) is 12.0 Å². The maximum atomic E-state index is 11.0. The Kier molecular flexibility index (Phi) is 5.72. The van der Waals surface area contributed by atoms with Crippen molar-refractivity contribution in [2.45, 2.75) is 0 Å². The number of aromatic nitrogens is 5. The van der Waals surface area contributed by atoms with Gasteiger partial charge in [0.2, 0.25) is 0 Å². The minimum Gasteiger partial charge on any atom is -0.477 e. The minimum atomic E-state index is -1.17. The summed E-state index contributed by atoms with van der Waals surface area (Å²) in [6, 6.07) is 3.20. The average Bonchev–Trinajstić information content (AvgIpc) is 2.52. The van der Waals surface area contributed by atoms with Crippen molar-refractivity contribution in [3.05, 3.63) is 41.0 Å². The fourth-order valence-electron chi connectivity index (χ4n) is 0.907. The number of rotatable bonds is 7. The van der Waals surface area contributed by atoms with Crippen LogP contribution in [0.3, 0.4) is 0 Å². The number of hydrogen-bond acceptors (Lipinski definition) is 10. The molecule has 2 heterocycles. The monoisotopic (exact) mass is 325 g/mol. The maximum Gasteiger partial charge on any atom is 0.346 e. The first-order valence-electron chi connectivity index (χ1n) is 5.28. The van der Waals surface area contributed by atoms with Crippen molar-refractivity contribution in [2.24, 2.45) is 0 Å². The molecule has 9 nitrogen and oxygen atoms in total. The van der Waals surface area contributed by atoms with Crippen LogP contribution in [0.4, 0.5) is 0 Å². The molecule has 2 aromatic rings. The van der Waals surface area contributed by atoms with Gasteiger partial charge in [0.25, 0.3) is 5.88 Å². The highest BCUT2D eigenvalue weighted by atomic mass is 32.2. The van der Waals surface area contributed by atoms with Crippen LogP contribution >= 0.6 is 24.1 Å². The van der Waals surface area contributed by atoms with Crippen molar-refractivity contribution in [3.63, 3.8) is 0 Å². The van der Waals surface area contributed by atoms with E-state index in [1.807, 2.05) is 0 Å². The summed E-state index contributed by atoms with van der Waals surface area (Å²) in [5.41, 5.74) is 0. The molecular weight excluding hydrogens is 318 g/mol. The van der Waals surface area contributed by atoms with Gasteiger partial charge in [-0.05, 0) is 11.3 Å². The molecule has 108 valence electrons. The van der Waals surface area contributed by atoms with Crippen molar-refractivity contribution in [1.29, 1.82) is 0 Å². The Labute approximate surface area is 127 Å². The predicted molar refractivity (Wildman–Crippen MR) is 74.0 cm³/mol. The third-order valence-electron chi connectivity index (χ3n) is 1.73. The Hall–Kier alpha value is -2.40. The quantitative estimate of drug-likeness (QED) is 0.586. The number of carboxylic acid groups (broad SMARTS) is 1. The lowest BCUT2D eigenvalue weighted by Gasteiger charge is -2.02. The highest BCUT2D eigenvalue weighted by Gasteiger charge is 2.12. The molecule has 0 unspecified atom stereocenters. The molecule has 0 saturated heterocycles. The lowest BCUT2D eigenvalue weighted by molar-refractivity contribution is -0.131. The Bertz CT molecular complexity index is 613. The fraction of sp³-hybridized carbons (Fsp3) is 0. The van der Waals surface area contributed by atoms with Gasteiger partial charge in [-0.25, -0.2) is 14.8 Å². The lowest BCUT2D eigenvalue weighted by Crippen LogP contribution is -2.00. The Balaban J connectivity index is 1.89. The van der Waals surface area contributed by atoms with E-state index in [1.54, 1.807) is 6.07 Å². The molecule has 0 radical (unpaired) electrons. The number of hydrogen-bond donors (Lipinski definition) is 1. The summed E-state index contributed by atoms with van der Waals surface area (Å²) in [6.07, 6.45) is 4.38. The zero-order valence-electron chi connectivity index (χ0n) is 10.2. The van der Waals surface area contributed by atoms with Crippen LogP contribution in [-0.4, -0.2) is 36.5 Å². The molecule has 2 rings (SSSR count). The Morgan fingerprint density at radius 3 is 2.71 bits per heavy atom. The molecule has 0 amide bonds. The molecule has 1 N–H and O–H groups in total. The highest BCUT2D eigenvalue weighted by molar-refractivity contribution is 8.02. The predicted octanol–water partition coefficient (Wildman–Crippen LogP) is 1.34. The molecular formula is C10H7N5O4S2. The van der Waals surface area contributed by atoms with Crippen molar-refractivity contribution < 1.29 is 18.3 Å². The summed E-state index contributed by atoms with van der Waals surface area (Å²) < 4.78 is 10.2. The first-order valence-corrected chi connectivity index (χ1v) is 6.83. The van der Waals surface area contributed by atoms with Crippen molar-refractivity contribution >= 4 is 30.1 Å². The molecule has 0 aliphatic carbocycles. The topological polar surface area (TPSA) is 120 Å². The average molecular weight is 325 g/mol. The van der Waals surface area contributed by atoms with Gasteiger partial charge in [-0.15, -0.1) is 5.10 Å². The van der Waals surface area contributed by atoms with Crippen LogP contribution in [0.1, 0.15) is 0 Å². The summed E-state index contributed by atoms with van der Waals surface area (Å²) in [7, 11) is 0. The molecule has 0 fully saturated rings. The second kappa shape index (κ2) is 8.01. The second-order valence-corrected chi connectivity index (χ2v) is 4.49. The Morgan fingerprint density at radius 2 is 2.05 bits per heavy atom. The smallest absolute Gasteiger partial charge is 0.346 e. The molecule has 0 saturated carbocycles. The van der Waals surface area contributed by atoms with Gasteiger partial charge >= 0.3 is 12.0 Å². The van der Waals surface area contributed by atoms with Crippen molar-refractivity contribution in [3.8, 4) is 11.9 Å². The maximum absolute atomic E-state index is 11.0. The zero-order chi connectivity index (χ0) is 14.9. The van der Waals surface area contributed by atoms with Gasteiger partial charge in [0.05, 0.1) is 18.2 Å². The van der Waals surface area contributed by atoms with Crippen LogP contribution in [0, 0.1) is 0 Å². The first-order chi connectivity index (χ1) is 10.3. The van der Waals surface area contributed by atoms with Crippen LogP contribution in [0.25, 0.3) is 0 Å². The molecule has 0 spiro atoms. The van der Waals surface area contributed by atoms with Crippen LogP contribution in [0.2, 0.25) is 0 Å².